The second-order valence-corrected chi connectivity index (χ2v) is 4.76. The summed E-state index contributed by atoms with van der Waals surface area (Å²) in [6, 6.07) is 0. The Morgan fingerprint density at radius 1 is 1.53 bits per heavy atom. The third-order valence-corrected chi connectivity index (χ3v) is 3.35. The zero-order valence-electron chi connectivity index (χ0n) is 9.10. The van der Waals surface area contributed by atoms with Crippen LogP contribution >= 0.6 is 11.8 Å². The van der Waals surface area contributed by atoms with E-state index in [4.69, 9.17) is 10.8 Å². The number of hydrogen-bond acceptors (Lipinski definition) is 5. The van der Waals surface area contributed by atoms with Gasteiger partial charge >= 0.3 is 0 Å². The molecule has 1 rings (SSSR count). The molecule has 0 saturated carbocycles. The van der Waals surface area contributed by atoms with Crippen LogP contribution in [0.3, 0.4) is 0 Å². The highest BCUT2D eigenvalue weighted by atomic mass is 32.2. The Balaban J connectivity index is 2.80. The zero-order chi connectivity index (χ0) is 11.3. The van der Waals surface area contributed by atoms with E-state index >= 15 is 0 Å². The van der Waals surface area contributed by atoms with Gasteiger partial charge in [0.2, 0.25) is 0 Å². The average Bonchev–Trinajstić information content (AvgIpc) is 2.18. The summed E-state index contributed by atoms with van der Waals surface area (Å²) >= 11 is 1.64. The van der Waals surface area contributed by atoms with Gasteiger partial charge in [0.25, 0.3) is 0 Å². The lowest BCUT2D eigenvalue weighted by Gasteiger charge is -2.12. The van der Waals surface area contributed by atoms with Gasteiger partial charge in [-0.1, -0.05) is 13.8 Å². The van der Waals surface area contributed by atoms with Crippen molar-refractivity contribution in [1.29, 1.82) is 0 Å². The molecule has 1 aromatic heterocycles. The predicted molar refractivity (Wildman–Crippen MR) is 62.8 cm³/mol. The van der Waals surface area contributed by atoms with Crippen molar-refractivity contribution in [3.63, 3.8) is 0 Å². The van der Waals surface area contributed by atoms with Crippen LogP contribution in [0.1, 0.15) is 25.8 Å². The average molecular weight is 227 g/mol. The minimum atomic E-state index is 0.205. The van der Waals surface area contributed by atoms with E-state index in [0.29, 0.717) is 11.1 Å². The maximum Gasteiger partial charge on any atom is 0.131 e. The number of rotatable bonds is 5. The normalized spacial score (nSPS) is 12.7. The van der Waals surface area contributed by atoms with Crippen molar-refractivity contribution >= 4 is 17.6 Å². The maximum absolute atomic E-state index is 8.82. The van der Waals surface area contributed by atoms with E-state index in [2.05, 4.69) is 16.9 Å². The van der Waals surface area contributed by atoms with Gasteiger partial charge in [0.15, 0.2) is 0 Å². The minimum absolute atomic E-state index is 0.205. The molecular formula is C10H17N3OS. The van der Waals surface area contributed by atoms with Crippen molar-refractivity contribution in [2.75, 3.05) is 12.3 Å². The van der Waals surface area contributed by atoms with Crippen molar-refractivity contribution in [1.82, 2.24) is 9.97 Å². The number of thioether (sulfide) groups is 1. The number of nitrogen functional groups attached to an aromatic ring is 1. The lowest BCUT2D eigenvalue weighted by molar-refractivity contribution is 0.289. The van der Waals surface area contributed by atoms with Gasteiger partial charge in [0, 0.05) is 17.4 Å². The van der Waals surface area contributed by atoms with E-state index in [-0.39, 0.29) is 6.61 Å². The fourth-order valence-electron chi connectivity index (χ4n) is 1.27. The van der Waals surface area contributed by atoms with Gasteiger partial charge in [-0.3, -0.25) is 0 Å². The molecular weight excluding hydrogens is 210 g/mol. The molecule has 0 aliphatic heterocycles. The van der Waals surface area contributed by atoms with Gasteiger partial charge in [0.05, 0.1) is 0 Å². The molecule has 0 saturated heterocycles. The lowest BCUT2D eigenvalue weighted by atomic mass is 10.2. The summed E-state index contributed by atoms with van der Waals surface area (Å²) in [5.41, 5.74) is 6.77. The molecule has 84 valence electrons. The van der Waals surface area contributed by atoms with Gasteiger partial charge in [-0.05, 0) is 12.8 Å². The van der Waals surface area contributed by atoms with E-state index in [1.165, 1.54) is 6.33 Å². The second kappa shape index (κ2) is 5.92. The van der Waals surface area contributed by atoms with Crippen LogP contribution in [-0.4, -0.2) is 26.9 Å². The van der Waals surface area contributed by atoms with Crippen LogP contribution in [0.2, 0.25) is 0 Å². The van der Waals surface area contributed by atoms with E-state index in [1.54, 1.807) is 11.8 Å². The van der Waals surface area contributed by atoms with Crippen molar-refractivity contribution in [3.8, 4) is 0 Å². The summed E-state index contributed by atoms with van der Waals surface area (Å²) in [7, 11) is 0. The van der Waals surface area contributed by atoms with Gasteiger partial charge in [-0.15, -0.1) is 11.8 Å². The summed E-state index contributed by atoms with van der Waals surface area (Å²) < 4.78 is 0. The lowest BCUT2D eigenvalue weighted by Crippen LogP contribution is -2.05. The highest BCUT2D eigenvalue weighted by Gasteiger charge is 2.11. The van der Waals surface area contributed by atoms with Gasteiger partial charge in [-0.2, -0.15) is 0 Å². The molecule has 0 fully saturated rings. The first kappa shape index (κ1) is 12.3. The first-order chi connectivity index (χ1) is 7.19. The number of nitrogens with zero attached hydrogens (tertiary/aromatic N) is 2. The fourth-order valence-corrected chi connectivity index (χ4v) is 2.38. The minimum Gasteiger partial charge on any atom is -0.396 e. The Labute approximate surface area is 94.3 Å². The molecule has 1 aromatic rings. The Hall–Kier alpha value is -0.810. The van der Waals surface area contributed by atoms with Crippen LogP contribution in [0.5, 0.6) is 0 Å². The number of hydrogen-bond donors (Lipinski definition) is 2. The maximum atomic E-state index is 8.82. The van der Waals surface area contributed by atoms with E-state index in [1.807, 2.05) is 6.92 Å². The van der Waals surface area contributed by atoms with Crippen molar-refractivity contribution in [2.24, 2.45) is 0 Å². The Morgan fingerprint density at radius 3 is 2.87 bits per heavy atom. The van der Waals surface area contributed by atoms with Gasteiger partial charge in [-0.25, -0.2) is 9.97 Å². The van der Waals surface area contributed by atoms with E-state index in [0.717, 1.165) is 23.4 Å². The molecule has 0 bridgehead atoms. The molecule has 0 aliphatic rings. The van der Waals surface area contributed by atoms with Crippen LogP contribution in [-0.2, 0) is 6.42 Å². The summed E-state index contributed by atoms with van der Waals surface area (Å²) in [6.07, 6.45) is 3.08. The molecule has 3 N–H and O–H groups in total. The molecule has 0 aromatic carbocycles. The molecule has 0 amide bonds. The van der Waals surface area contributed by atoms with Crippen LogP contribution in [0.15, 0.2) is 11.4 Å². The van der Waals surface area contributed by atoms with Gasteiger partial charge in [0.1, 0.15) is 17.2 Å². The number of aliphatic hydroxyl groups is 1. The topological polar surface area (TPSA) is 72.0 Å². The summed E-state index contributed by atoms with van der Waals surface area (Å²) in [6.45, 7) is 4.31. The predicted octanol–water partition coefficient (Wildman–Crippen LogP) is 1.48. The van der Waals surface area contributed by atoms with Crippen molar-refractivity contribution in [2.45, 2.75) is 37.0 Å². The smallest absolute Gasteiger partial charge is 0.131 e. The molecule has 1 atom stereocenters. The Morgan fingerprint density at radius 2 is 2.27 bits per heavy atom. The SMILES string of the molecule is CCc1c(N)ncnc1SC(C)CCO. The third kappa shape index (κ3) is 3.35. The molecule has 0 spiro atoms. The first-order valence-electron chi connectivity index (χ1n) is 5.05. The summed E-state index contributed by atoms with van der Waals surface area (Å²) in [5.74, 6) is 0.561. The molecule has 1 heterocycles. The van der Waals surface area contributed by atoms with Crippen molar-refractivity contribution in [3.05, 3.63) is 11.9 Å². The number of nitrogens with two attached hydrogens (primary N) is 1. The van der Waals surface area contributed by atoms with Gasteiger partial charge < -0.3 is 10.8 Å². The Kier molecular flexibility index (Phi) is 4.84. The van der Waals surface area contributed by atoms with E-state index in [9.17, 15) is 0 Å². The summed E-state index contributed by atoms with van der Waals surface area (Å²) in [5, 5.41) is 10.1. The zero-order valence-corrected chi connectivity index (χ0v) is 9.92. The molecule has 5 heteroatoms. The third-order valence-electron chi connectivity index (χ3n) is 2.14. The quantitative estimate of drug-likeness (QED) is 0.589. The van der Waals surface area contributed by atoms with E-state index < -0.39 is 0 Å². The highest BCUT2D eigenvalue weighted by Crippen LogP contribution is 2.28. The fraction of sp³-hybridized carbons (Fsp3) is 0.600. The van der Waals surface area contributed by atoms with Crippen LogP contribution in [0.25, 0.3) is 0 Å². The molecule has 15 heavy (non-hydrogen) atoms. The number of aliphatic hydroxyl groups excluding tert-OH is 1. The largest absolute Gasteiger partial charge is 0.396 e. The molecule has 1 unspecified atom stereocenters. The first-order valence-corrected chi connectivity index (χ1v) is 5.93. The van der Waals surface area contributed by atoms with Crippen LogP contribution in [0, 0.1) is 0 Å². The van der Waals surface area contributed by atoms with Crippen molar-refractivity contribution < 1.29 is 5.11 Å². The number of aromatic nitrogens is 2. The molecule has 0 radical (unpaired) electrons. The van der Waals surface area contributed by atoms with Crippen LogP contribution in [0.4, 0.5) is 5.82 Å². The molecule has 0 aliphatic carbocycles. The summed E-state index contributed by atoms with van der Waals surface area (Å²) in [4.78, 5) is 8.19. The van der Waals surface area contributed by atoms with Crippen LogP contribution < -0.4 is 5.73 Å². The number of anilines is 1. The second-order valence-electron chi connectivity index (χ2n) is 3.34. The Bertz CT molecular complexity index is 320. The monoisotopic (exact) mass is 227 g/mol. The highest BCUT2D eigenvalue weighted by molar-refractivity contribution is 7.99. The molecule has 4 nitrogen and oxygen atoms in total. The standard InChI is InChI=1S/C10H17N3OS/c1-3-8-9(11)12-6-13-10(8)15-7(2)4-5-14/h6-7,14H,3-5H2,1-2H3,(H2,11,12,13).